The Hall–Kier alpha value is -2.69. The minimum Gasteiger partial charge on any atom is -0.490 e. The van der Waals surface area contributed by atoms with E-state index in [1.165, 1.54) is 0 Å². The van der Waals surface area contributed by atoms with Crippen LogP contribution in [0.4, 0.5) is 35.5 Å². The van der Waals surface area contributed by atoms with Gasteiger partial charge in [0.2, 0.25) is 0 Å². The highest BCUT2D eigenvalue weighted by atomic mass is 35.5. The van der Waals surface area contributed by atoms with Crippen molar-refractivity contribution < 1.29 is 45.0 Å². The number of hydrogen-bond donors (Lipinski definition) is 1. The van der Waals surface area contributed by atoms with E-state index in [-0.39, 0.29) is 23.9 Å². The van der Waals surface area contributed by atoms with Gasteiger partial charge in [-0.05, 0) is 29.7 Å². The molecule has 0 aliphatic carbocycles. The standard InChI is InChI=1S/C20H17ClF7NO3/c21-15-11-14(10-13-4-2-1-3-5-13)6-7-16(15)31-9-8-29-17(30)32-12-18(22,23)19(24,25)20(26,27)28/h1-7,11H,8-10,12H2,(H,29,30). The monoisotopic (exact) mass is 487 g/mol. The van der Waals surface area contributed by atoms with Gasteiger partial charge in [0, 0.05) is 0 Å². The smallest absolute Gasteiger partial charge is 0.460 e. The number of hydrogen-bond acceptors (Lipinski definition) is 3. The first-order chi connectivity index (χ1) is 14.8. The summed E-state index contributed by atoms with van der Waals surface area (Å²) in [5.41, 5.74) is 1.98. The fraction of sp³-hybridized carbons (Fsp3) is 0.350. The molecule has 0 fully saturated rings. The average Bonchev–Trinajstić information content (AvgIpc) is 2.71. The molecule has 2 rings (SSSR count). The Kier molecular flexibility index (Phi) is 8.22. The van der Waals surface area contributed by atoms with Crippen molar-refractivity contribution in [1.29, 1.82) is 0 Å². The molecule has 0 unspecified atom stereocenters. The minimum atomic E-state index is -6.50. The van der Waals surface area contributed by atoms with Crippen molar-refractivity contribution in [2.75, 3.05) is 19.8 Å². The zero-order valence-corrected chi connectivity index (χ0v) is 17.0. The summed E-state index contributed by atoms with van der Waals surface area (Å²) in [5, 5.41) is 2.16. The Balaban J connectivity index is 1.77. The molecule has 4 nitrogen and oxygen atoms in total. The summed E-state index contributed by atoms with van der Waals surface area (Å²) >= 11 is 6.13. The van der Waals surface area contributed by atoms with Crippen LogP contribution in [0, 0.1) is 0 Å². The van der Waals surface area contributed by atoms with E-state index in [0.717, 1.165) is 11.1 Å². The van der Waals surface area contributed by atoms with Crippen LogP contribution in [0.25, 0.3) is 0 Å². The van der Waals surface area contributed by atoms with E-state index in [0.29, 0.717) is 6.42 Å². The lowest BCUT2D eigenvalue weighted by molar-refractivity contribution is -0.359. The summed E-state index contributed by atoms with van der Waals surface area (Å²) in [4.78, 5) is 11.3. The van der Waals surface area contributed by atoms with Crippen LogP contribution < -0.4 is 10.1 Å². The van der Waals surface area contributed by atoms with Gasteiger partial charge in [-0.25, -0.2) is 4.79 Å². The number of alkyl carbamates (subject to hydrolysis) is 1. The molecule has 0 atom stereocenters. The predicted molar refractivity (Wildman–Crippen MR) is 101 cm³/mol. The van der Waals surface area contributed by atoms with E-state index < -0.39 is 30.7 Å². The van der Waals surface area contributed by atoms with Gasteiger partial charge in [-0.3, -0.25) is 0 Å². The highest BCUT2D eigenvalue weighted by molar-refractivity contribution is 6.32. The first kappa shape index (κ1) is 25.6. The van der Waals surface area contributed by atoms with Gasteiger partial charge < -0.3 is 14.8 Å². The van der Waals surface area contributed by atoms with Crippen LogP contribution in [0.2, 0.25) is 5.02 Å². The number of alkyl halides is 7. The van der Waals surface area contributed by atoms with Gasteiger partial charge in [0.05, 0.1) is 11.6 Å². The van der Waals surface area contributed by atoms with Crippen LogP contribution in [0.1, 0.15) is 11.1 Å². The molecule has 2 aromatic rings. The number of ether oxygens (including phenoxy) is 2. The summed E-state index contributed by atoms with van der Waals surface area (Å²) in [7, 11) is 0. The largest absolute Gasteiger partial charge is 0.490 e. The third-order valence-electron chi connectivity index (χ3n) is 4.08. The quantitative estimate of drug-likeness (QED) is 0.355. The lowest BCUT2D eigenvalue weighted by Gasteiger charge is -2.27. The number of carbonyl (C=O) groups excluding carboxylic acids is 1. The second-order valence-electron chi connectivity index (χ2n) is 6.56. The zero-order valence-electron chi connectivity index (χ0n) is 16.2. The maximum absolute atomic E-state index is 13.1. The van der Waals surface area contributed by atoms with Crippen LogP contribution in [0.5, 0.6) is 5.75 Å². The second-order valence-corrected chi connectivity index (χ2v) is 6.96. The van der Waals surface area contributed by atoms with Gasteiger partial charge in [0.15, 0.2) is 6.61 Å². The van der Waals surface area contributed by atoms with Gasteiger partial charge in [0.25, 0.3) is 0 Å². The summed E-state index contributed by atoms with van der Waals surface area (Å²) in [6.07, 6.45) is -7.48. The molecule has 0 heterocycles. The summed E-state index contributed by atoms with van der Waals surface area (Å²) in [5.74, 6) is -11.7. The second kappa shape index (κ2) is 10.3. The number of rotatable bonds is 9. The highest BCUT2D eigenvalue weighted by Crippen LogP contribution is 2.46. The number of benzene rings is 2. The van der Waals surface area contributed by atoms with Crippen molar-refractivity contribution in [3.63, 3.8) is 0 Å². The molecular weight excluding hydrogens is 471 g/mol. The number of amides is 1. The SMILES string of the molecule is O=C(NCCOc1ccc(Cc2ccccc2)cc1Cl)OCC(F)(F)C(F)(F)C(F)(F)F. The molecule has 1 amide bonds. The zero-order chi connectivity index (χ0) is 24.0. The molecule has 0 saturated heterocycles. The maximum Gasteiger partial charge on any atom is 0.460 e. The van der Waals surface area contributed by atoms with Crippen LogP contribution in [-0.2, 0) is 11.2 Å². The molecule has 12 heteroatoms. The first-order valence-electron chi connectivity index (χ1n) is 9.01. The summed E-state index contributed by atoms with van der Waals surface area (Å²) in [6, 6.07) is 14.6. The highest BCUT2D eigenvalue weighted by Gasteiger charge is 2.73. The number of nitrogens with one attached hydrogen (secondary N) is 1. The van der Waals surface area contributed by atoms with Crippen molar-refractivity contribution in [3.05, 3.63) is 64.7 Å². The Labute approximate surface area is 183 Å². The van der Waals surface area contributed by atoms with Crippen molar-refractivity contribution in [2.45, 2.75) is 24.4 Å². The lowest BCUT2D eigenvalue weighted by Crippen LogP contribution is -2.54. The molecule has 0 spiro atoms. The molecule has 0 saturated carbocycles. The van der Waals surface area contributed by atoms with E-state index in [4.69, 9.17) is 16.3 Å². The lowest BCUT2D eigenvalue weighted by atomic mass is 10.1. The third kappa shape index (κ3) is 6.65. The Bertz CT molecular complexity index is 908. The first-order valence-corrected chi connectivity index (χ1v) is 9.39. The van der Waals surface area contributed by atoms with E-state index in [9.17, 15) is 35.5 Å². The molecular formula is C20H17ClF7NO3. The van der Waals surface area contributed by atoms with Crippen LogP contribution in [0.15, 0.2) is 48.5 Å². The maximum atomic E-state index is 13.1. The number of halogens is 8. The Morgan fingerprint density at radius 2 is 1.59 bits per heavy atom. The molecule has 0 aliphatic rings. The molecule has 2 aromatic carbocycles. The molecule has 1 N–H and O–H groups in total. The van der Waals surface area contributed by atoms with Crippen LogP contribution >= 0.6 is 11.6 Å². The van der Waals surface area contributed by atoms with Gasteiger partial charge in [0.1, 0.15) is 12.4 Å². The Morgan fingerprint density at radius 3 is 2.19 bits per heavy atom. The molecule has 32 heavy (non-hydrogen) atoms. The van der Waals surface area contributed by atoms with Crippen LogP contribution in [0.3, 0.4) is 0 Å². The molecule has 176 valence electrons. The van der Waals surface area contributed by atoms with Crippen molar-refractivity contribution in [3.8, 4) is 5.75 Å². The fourth-order valence-corrected chi connectivity index (χ4v) is 2.68. The Morgan fingerprint density at radius 1 is 0.938 bits per heavy atom. The fourth-order valence-electron chi connectivity index (χ4n) is 2.42. The van der Waals surface area contributed by atoms with Gasteiger partial charge in [-0.1, -0.05) is 48.0 Å². The van der Waals surface area contributed by atoms with Gasteiger partial charge in [-0.15, -0.1) is 0 Å². The van der Waals surface area contributed by atoms with Gasteiger partial charge >= 0.3 is 24.1 Å². The molecule has 0 radical (unpaired) electrons. The average molecular weight is 488 g/mol. The minimum absolute atomic E-state index is 0.206. The molecule has 0 aliphatic heterocycles. The molecule has 0 aromatic heterocycles. The van der Waals surface area contributed by atoms with Gasteiger partial charge in [-0.2, -0.15) is 30.7 Å². The van der Waals surface area contributed by atoms with Crippen molar-refractivity contribution in [2.24, 2.45) is 0 Å². The predicted octanol–water partition coefficient (Wildman–Crippen LogP) is 5.87. The van der Waals surface area contributed by atoms with Crippen molar-refractivity contribution >= 4 is 17.7 Å². The molecule has 0 bridgehead atoms. The van der Waals surface area contributed by atoms with E-state index in [1.807, 2.05) is 35.6 Å². The van der Waals surface area contributed by atoms with Crippen LogP contribution in [-0.4, -0.2) is 43.9 Å². The van der Waals surface area contributed by atoms with E-state index in [1.54, 1.807) is 18.2 Å². The summed E-state index contributed by atoms with van der Waals surface area (Å²) < 4.78 is 96.7. The topological polar surface area (TPSA) is 47.6 Å². The number of carbonyl (C=O) groups is 1. The van der Waals surface area contributed by atoms with Crippen molar-refractivity contribution in [1.82, 2.24) is 5.32 Å². The van der Waals surface area contributed by atoms with E-state index in [2.05, 4.69) is 4.74 Å². The summed E-state index contributed by atoms with van der Waals surface area (Å²) in [6.45, 7) is -2.98. The van der Waals surface area contributed by atoms with E-state index >= 15 is 0 Å². The normalized spacial score (nSPS) is 12.4. The third-order valence-corrected chi connectivity index (χ3v) is 4.37.